The quantitative estimate of drug-likeness (QED) is 0.621. The molecule has 94 valence electrons. The third-order valence-electron chi connectivity index (χ3n) is 2.53. The van der Waals surface area contributed by atoms with Crippen molar-refractivity contribution in [1.82, 2.24) is 0 Å². The number of hydrogen-bond acceptors (Lipinski definition) is 1. The van der Waals surface area contributed by atoms with E-state index >= 15 is 0 Å². The largest absolute Gasteiger partial charge is 0.457 e. The average Bonchev–Trinajstić information content (AvgIpc) is 2.34. The standard InChI is InChI=1S/C14H11BrCl2O/c1-9-6-12(4-5-13(9)17)18-14-7-11(16)3-2-10(14)8-15/h2-7H,8H2,1H3. The molecule has 0 spiro atoms. The van der Waals surface area contributed by atoms with E-state index in [1.807, 2.05) is 43.3 Å². The molecule has 0 bridgehead atoms. The van der Waals surface area contributed by atoms with Gasteiger partial charge in [0.05, 0.1) is 0 Å². The van der Waals surface area contributed by atoms with Crippen molar-refractivity contribution < 1.29 is 4.74 Å². The van der Waals surface area contributed by atoms with E-state index in [0.29, 0.717) is 10.4 Å². The maximum Gasteiger partial charge on any atom is 0.132 e. The molecular weight excluding hydrogens is 335 g/mol. The van der Waals surface area contributed by atoms with E-state index in [2.05, 4.69) is 15.9 Å². The Labute approximate surface area is 125 Å². The Morgan fingerprint density at radius 2 is 1.89 bits per heavy atom. The van der Waals surface area contributed by atoms with Crippen LogP contribution in [0.3, 0.4) is 0 Å². The maximum absolute atomic E-state index is 5.98. The Kier molecular flexibility index (Phi) is 4.55. The third kappa shape index (κ3) is 3.19. The van der Waals surface area contributed by atoms with Crippen LogP contribution in [-0.2, 0) is 5.33 Å². The van der Waals surface area contributed by atoms with E-state index in [1.54, 1.807) is 0 Å². The molecule has 0 aliphatic rings. The highest BCUT2D eigenvalue weighted by molar-refractivity contribution is 9.08. The summed E-state index contributed by atoms with van der Waals surface area (Å²) in [6.45, 7) is 1.94. The van der Waals surface area contributed by atoms with Crippen LogP contribution in [0.5, 0.6) is 11.5 Å². The van der Waals surface area contributed by atoms with Crippen molar-refractivity contribution in [3.63, 3.8) is 0 Å². The molecule has 0 aliphatic heterocycles. The first kappa shape index (κ1) is 13.7. The van der Waals surface area contributed by atoms with Crippen LogP contribution >= 0.6 is 39.1 Å². The van der Waals surface area contributed by atoms with Crippen LogP contribution in [-0.4, -0.2) is 0 Å². The fraction of sp³-hybridized carbons (Fsp3) is 0.143. The first-order valence-electron chi connectivity index (χ1n) is 5.38. The summed E-state index contributed by atoms with van der Waals surface area (Å²) < 4.78 is 5.84. The molecule has 0 saturated heterocycles. The lowest BCUT2D eigenvalue weighted by Crippen LogP contribution is -1.90. The minimum atomic E-state index is 0.653. The summed E-state index contributed by atoms with van der Waals surface area (Å²) in [7, 11) is 0. The molecule has 18 heavy (non-hydrogen) atoms. The summed E-state index contributed by atoms with van der Waals surface area (Å²) in [6, 6.07) is 11.2. The van der Waals surface area contributed by atoms with Crippen molar-refractivity contribution >= 4 is 39.1 Å². The normalized spacial score (nSPS) is 10.4. The van der Waals surface area contributed by atoms with Crippen molar-refractivity contribution in [2.75, 3.05) is 0 Å². The molecule has 4 heteroatoms. The molecular formula is C14H11BrCl2O. The topological polar surface area (TPSA) is 9.23 Å². The minimum Gasteiger partial charge on any atom is -0.457 e. The van der Waals surface area contributed by atoms with Gasteiger partial charge in [-0.2, -0.15) is 0 Å². The van der Waals surface area contributed by atoms with Gasteiger partial charge in [-0.3, -0.25) is 0 Å². The molecule has 0 heterocycles. The van der Waals surface area contributed by atoms with Crippen molar-refractivity contribution in [3.8, 4) is 11.5 Å². The summed E-state index contributed by atoms with van der Waals surface area (Å²) in [5.41, 5.74) is 2.03. The number of alkyl halides is 1. The molecule has 1 nitrogen and oxygen atoms in total. The van der Waals surface area contributed by atoms with Gasteiger partial charge in [0.25, 0.3) is 0 Å². The SMILES string of the molecule is Cc1cc(Oc2cc(Cl)ccc2CBr)ccc1Cl. The zero-order valence-electron chi connectivity index (χ0n) is 9.71. The Morgan fingerprint density at radius 3 is 2.56 bits per heavy atom. The molecule has 0 amide bonds. The predicted molar refractivity (Wildman–Crippen MR) is 80.3 cm³/mol. The van der Waals surface area contributed by atoms with E-state index in [9.17, 15) is 0 Å². The second-order valence-electron chi connectivity index (χ2n) is 3.90. The van der Waals surface area contributed by atoms with Crippen LogP contribution in [0.25, 0.3) is 0 Å². The first-order valence-corrected chi connectivity index (χ1v) is 7.26. The Hall–Kier alpha value is -0.700. The third-order valence-corrected chi connectivity index (χ3v) is 3.79. The number of hydrogen-bond donors (Lipinski definition) is 0. The van der Waals surface area contributed by atoms with Gasteiger partial charge in [-0.25, -0.2) is 0 Å². The van der Waals surface area contributed by atoms with Gasteiger partial charge in [0.1, 0.15) is 11.5 Å². The fourth-order valence-corrected chi connectivity index (χ4v) is 2.28. The van der Waals surface area contributed by atoms with Gasteiger partial charge in [-0.05, 0) is 42.8 Å². The van der Waals surface area contributed by atoms with Crippen LogP contribution in [0, 0.1) is 6.92 Å². The molecule has 0 atom stereocenters. The lowest BCUT2D eigenvalue weighted by Gasteiger charge is -2.11. The molecule has 0 radical (unpaired) electrons. The van der Waals surface area contributed by atoms with Gasteiger partial charge in [0.15, 0.2) is 0 Å². The van der Waals surface area contributed by atoms with Gasteiger partial charge in [0.2, 0.25) is 0 Å². The molecule has 0 fully saturated rings. The Balaban J connectivity index is 2.33. The smallest absolute Gasteiger partial charge is 0.132 e. The predicted octanol–water partition coefficient (Wildman–Crippen LogP) is 5.99. The van der Waals surface area contributed by atoms with Gasteiger partial charge >= 0.3 is 0 Å². The number of halogens is 3. The molecule has 0 saturated carbocycles. The summed E-state index contributed by atoms with van der Waals surface area (Å²) in [5, 5.41) is 2.10. The zero-order valence-corrected chi connectivity index (χ0v) is 12.8. The minimum absolute atomic E-state index is 0.653. The van der Waals surface area contributed by atoms with Crippen molar-refractivity contribution in [2.45, 2.75) is 12.3 Å². The molecule has 0 aliphatic carbocycles. The van der Waals surface area contributed by atoms with Crippen molar-refractivity contribution in [2.24, 2.45) is 0 Å². The van der Waals surface area contributed by atoms with E-state index in [0.717, 1.165) is 27.6 Å². The second-order valence-corrected chi connectivity index (χ2v) is 5.30. The molecule has 0 N–H and O–H groups in total. The monoisotopic (exact) mass is 344 g/mol. The summed E-state index contributed by atoms with van der Waals surface area (Å²) in [6.07, 6.45) is 0. The lowest BCUT2D eigenvalue weighted by molar-refractivity contribution is 0.478. The first-order chi connectivity index (χ1) is 8.60. The van der Waals surface area contributed by atoms with Crippen molar-refractivity contribution in [1.29, 1.82) is 0 Å². The van der Waals surface area contributed by atoms with Crippen LogP contribution in [0.15, 0.2) is 36.4 Å². The van der Waals surface area contributed by atoms with Crippen LogP contribution in [0.1, 0.15) is 11.1 Å². The van der Waals surface area contributed by atoms with Gasteiger partial charge in [-0.15, -0.1) is 0 Å². The number of ether oxygens (including phenoxy) is 1. The van der Waals surface area contributed by atoms with E-state index in [4.69, 9.17) is 27.9 Å². The number of rotatable bonds is 3. The van der Waals surface area contributed by atoms with Crippen LogP contribution in [0.2, 0.25) is 10.0 Å². The zero-order chi connectivity index (χ0) is 13.1. The highest BCUT2D eigenvalue weighted by Gasteiger charge is 2.06. The Morgan fingerprint density at radius 1 is 1.11 bits per heavy atom. The van der Waals surface area contributed by atoms with E-state index < -0.39 is 0 Å². The summed E-state index contributed by atoms with van der Waals surface area (Å²) in [4.78, 5) is 0. The average molecular weight is 346 g/mol. The van der Waals surface area contributed by atoms with Gasteiger partial charge in [-0.1, -0.05) is 45.2 Å². The number of benzene rings is 2. The van der Waals surface area contributed by atoms with E-state index in [1.165, 1.54) is 0 Å². The van der Waals surface area contributed by atoms with Crippen LogP contribution in [0.4, 0.5) is 0 Å². The van der Waals surface area contributed by atoms with Crippen molar-refractivity contribution in [3.05, 3.63) is 57.6 Å². The molecule has 2 rings (SSSR count). The number of aryl methyl sites for hydroxylation is 1. The molecule has 0 aromatic heterocycles. The summed E-state index contributed by atoms with van der Waals surface area (Å²) >= 11 is 15.4. The molecule has 2 aromatic carbocycles. The fourth-order valence-electron chi connectivity index (χ4n) is 1.54. The second kappa shape index (κ2) is 5.96. The highest BCUT2D eigenvalue weighted by atomic mass is 79.9. The van der Waals surface area contributed by atoms with Gasteiger partial charge in [0, 0.05) is 20.9 Å². The van der Waals surface area contributed by atoms with Gasteiger partial charge < -0.3 is 4.74 Å². The highest BCUT2D eigenvalue weighted by Crippen LogP contribution is 2.31. The Bertz CT molecular complexity index is 570. The van der Waals surface area contributed by atoms with E-state index in [-0.39, 0.29) is 0 Å². The summed E-state index contributed by atoms with van der Waals surface area (Å²) in [5.74, 6) is 1.50. The lowest BCUT2D eigenvalue weighted by atomic mass is 10.2. The van der Waals surface area contributed by atoms with Crippen LogP contribution < -0.4 is 4.74 Å². The maximum atomic E-state index is 5.98. The molecule has 0 unspecified atom stereocenters. The molecule has 2 aromatic rings.